The molecule has 112 valence electrons. The summed E-state index contributed by atoms with van der Waals surface area (Å²) in [7, 11) is 5.22. The number of rotatable bonds is 5. The second-order valence-electron chi connectivity index (χ2n) is 4.85. The molecule has 0 fully saturated rings. The molecule has 1 atom stereocenters. The molecule has 2 aromatic carbocycles. The summed E-state index contributed by atoms with van der Waals surface area (Å²) >= 11 is 6.41. The van der Waals surface area contributed by atoms with Crippen LogP contribution in [0.15, 0.2) is 36.4 Å². The van der Waals surface area contributed by atoms with Crippen LogP contribution >= 0.6 is 11.6 Å². The van der Waals surface area contributed by atoms with Gasteiger partial charge in [0.1, 0.15) is 11.5 Å². The zero-order valence-electron chi connectivity index (χ0n) is 12.7. The van der Waals surface area contributed by atoms with E-state index in [-0.39, 0.29) is 6.04 Å². The fraction of sp³-hybridized carbons (Fsp3) is 0.294. The van der Waals surface area contributed by atoms with Gasteiger partial charge in [0.05, 0.1) is 20.3 Å². The topological polar surface area (TPSA) is 30.5 Å². The Labute approximate surface area is 130 Å². The van der Waals surface area contributed by atoms with Gasteiger partial charge in [0.15, 0.2) is 0 Å². The van der Waals surface area contributed by atoms with Crippen molar-refractivity contribution in [3.8, 4) is 11.5 Å². The van der Waals surface area contributed by atoms with Crippen molar-refractivity contribution < 1.29 is 9.47 Å². The van der Waals surface area contributed by atoms with Crippen LogP contribution < -0.4 is 14.8 Å². The molecule has 21 heavy (non-hydrogen) atoms. The number of ether oxygens (including phenoxy) is 2. The van der Waals surface area contributed by atoms with Crippen LogP contribution in [0, 0.1) is 6.92 Å². The third kappa shape index (κ3) is 3.31. The largest absolute Gasteiger partial charge is 0.497 e. The van der Waals surface area contributed by atoms with Crippen molar-refractivity contribution in [2.45, 2.75) is 13.0 Å². The Hall–Kier alpha value is -1.71. The molecule has 0 amide bonds. The summed E-state index contributed by atoms with van der Waals surface area (Å²) < 4.78 is 10.8. The molecule has 0 bridgehead atoms. The van der Waals surface area contributed by atoms with Crippen molar-refractivity contribution in [2.75, 3.05) is 21.3 Å². The summed E-state index contributed by atoms with van der Waals surface area (Å²) in [5.41, 5.74) is 3.14. The van der Waals surface area contributed by atoms with E-state index in [2.05, 4.69) is 11.4 Å². The fourth-order valence-corrected chi connectivity index (χ4v) is 2.75. The maximum Gasteiger partial charge on any atom is 0.124 e. The van der Waals surface area contributed by atoms with E-state index in [1.54, 1.807) is 14.2 Å². The highest BCUT2D eigenvalue weighted by atomic mass is 35.5. The third-order valence-electron chi connectivity index (χ3n) is 3.50. The second kappa shape index (κ2) is 6.83. The van der Waals surface area contributed by atoms with Gasteiger partial charge in [-0.2, -0.15) is 0 Å². The lowest BCUT2D eigenvalue weighted by molar-refractivity contribution is 0.395. The lowest BCUT2D eigenvalue weighted by Gasteiger charge is -2.22. The molecule has 3 nitrogen and oxygen atoms in total. The molecule has 1 unspecified atom stereocenters. The molecular weight excluding hydrogens is 286 g/mol. The van der Waals surface area contributed by atoms with Crippen molar-refractivity contribution in [1.82, 2.24) is 5.32 Å². The smallest absolute Gasteiger partial charge is 0.124 e. The van der Waals surface area contributed by atoms with Crippen LogP contribution in [-0.4, -0.2) is 21.3 Å². The highest BCUT2D eigenvalue weighted by Crippen LogP contribution is 2.35. The van der Waals surface area contributed by atoms with Gasteiger partial charge in [-0.3, -0.25) is 0 Å². The molecule has 0 spiro atoms. The molecule has 0 aromatic heterocycles. The molecule has 1 N–H and O–H groups in total. The van der Waals surface area contributed by atoms with Gasteiger partial charge in [-0.15, -0.1) is 0 Å². The van der Waals surface area contributed by atoms with Crippen LogP contribution in [0.4, 0.5) is 0 Å². The Kier molecular flexibility index (Phi) is 5.10. The minimum absolute atomic E-state index is 0.0665. The summed E-state index contributed by atoms with van der Waals surface area (Å²) in [6.07, 6.45) is 0. The molecule has 0 aliphatic carbocycles. The molecule has 2 rings (SSSR count). The average molecular weight is 306 g/mol. The molecule has 0 radical (unpaired) electrons. The quantitative estimate of drug-likeness (QED) is 0.906. The number of hydrogen-bond donors (Lipinski definition) is 1. The lowest BCUT2D eigenvalue weighted by Crippen LogP contribution is -2.19. The normalized spacial score (nSPS) is 12.0. The third-order valence-corrected chi connectivity index (χ3v) is 3.83. The second-order valence-corrected chi connectivity index (χ2v) is 5.26. The van der Waals surface area contributed by atoms with Crippen molar-refractivity contribution >= 4 is 11.6 Å². The summed E-state index contributed by atoms with van der Waals surface area (Å²) in [6.45, 7) is 2.02. The first-order chi connectivity index (χ1) is 10.1. The monoisotopic (exact) mass is 305 g/mol. The highest BCUT2D eigenvalue weighted by Gasteiger charge is 2.20. The van der Waals surface area contributed by atoms with Crippen molar-refractivity contribution in [3.63, 3.8) is 0 Å². The van der Waals surface area contributed by atoms with Crippen LogP contribution in [0.1, 0.15) is 22.7 Å². The molecule has 0 aliphatic rings. The molecule has 0 aliphatic heterocycles. The first kappa shape index (κ1) is 15.7. The maximum atomic E-state index is 6.41. The van der Waals surface area contributed by atoms with Crippen molar-refractivity contribution in [3.05, 3.63) is 58.1 Å². The minimum atomic E-state index is -0.0665. The van der Waals surface area contributed by atoms with Gasteiger partial charge in [-0.05, 0) is 49.4 Å². The molecule has 4 heteroatoms. The van der Waals surface area contributed by atoms with E-state index in [9.17, 15) is 0 Å². The van der Waals surface area contributed by atoms with Crippen LogP contribution in [0.5, 0.6) is 11.5 Å². The van der Waals surface area contributed by atoms with E-state index >= 15 is 0 Å². The fourth-order valence-electron chi connectivity index (χ4n) is 2.41. The molecular formula is C17H20ClNO2. The van der Waals surface area contributed by atoms with Gasteiger partial charge in [0.25, 0.3) is 0 Å². The standard InChI is InChI=1S/C17H20ClNO2/c1-11-5-7-13(15(18)9-11)17(19-2)14-10-12(20-3)6-8-16(14)21-4/h5-10,17,19H,1-4H3. The predicted molar refractivity (Wildman–Crippen MR) is 86.6 cm³/mol. The van der Waals surface area contributed by atoms with Crippen LogP contribution in [0.25, 0.3) is 0 Å². The van der Waals surface area contributed by atoms with Crippen LogP contribution in [0.2, 0.25) is 5.02 Å². The van der Waals surface area contributed by atoms with Crippen LogP contribution in [0.3, 0.4) is 0 Å². The van der Waals surface area contributed by atoms with E-state index in [0.29, 0.717) is 0 Å². The van der Waals surface area contributed by atoms with E-state index in [1.165, 1.54) is 0 Å². The Morgan fingerprint density at radius 2 is 1.76 bits per heavy atom. The zero-order valence-corrected chi connectivity index (χ0v) is 13.5. The van der Waals surface area contributed by atoms with Gasteiger partial charge in [-0.25, -0.2) is 0 Å². The van der Waals surface area contributed by atoms with Gasteiger partial charge < -0.3 is 14.8 Å². The van der Waals surface area contributed by atoms with E-state index in [1.807, 2.05) is 44.3 Å². The minimum Gasteiger partial charge on any atom is -0.497 e. The SMILES string of the molecule is CNC(c1ccc(C)cc1Cl)c1cc(OC)ccc1OC. The Balaban J connectivity index is 2.54. The number of benzene rings is 2. The van der Waals surface area contributed by atoms with Gasteiger partial charge in [0.2, 0.25) is 0 Å². The van der Waals surface area contributed by atoms with Crippen molar-refractivity contribution in [1.29, 1.82) is 0 Å². The number of halogens is 1. The summed E-state index contributed by atoms with van der Waals surface area (Å²) in [4.78, 5) is 0. The number of nitrogens with one attached hydrogen (secondary N) is 1. The van der Waals surface area contributed by atoms with Crippen LogP contribution in [-0.2, 0) is 0 Å². The summed E-state index contributed by atoms with van der Waals surface area (Å²) in [5, 5.41) is 4.04. The van der Waals surface area contributed by atoms with Gasteiger partial charge in [0, 0.05) is 10.6 Å². The van der Waals surface area contributed by atoms with E-state index in [4.69, 9.17) is 21.1 Å². The first-order valence-electron chi connectivity index (χ1n) is 6.76. The number of aryl methyl sites for hydroxylation is 1. The number of hydrogen-bond acceptors (Lipinski definition) is 3. The first-order valence-corrected chi connectivity index (χ1v) is 7.13. The number of methoxy groups -OCH3 is 2. The average Bonchev–Trinajstić information content (AvgIpc) is 2.49. The zero-order chi connectivity index (χ0) is 15.4. The van der Waals surface area contributed by atoms with E-state index < -0.39 is 0 Å². The Morgan fingerprint density at radius 1 is 1.00 bits per heavy atom. The lowest BCUT2D eigenvalue weighted by atomic mass is 9.96. The summed E-state index contributed by atoms with van der Waals surface area (Å²) in [5.74, 6) is 1.58. The summed E-state index contributed by atoms with van der Waals surface area (Å²) in [6, 6.07) is 11.7. The Morgan fingerprint density at radius 3 is 2.33 bits per heavy atom. The maximum absolute atomic E-state index is 6.41. The molecule has 0 saturated heterocycles. The predicted octanol–water partition coefficient (Wildman–Crippen LogP) is 3.97. The van der Waals surface area contributed by atoms with Gasteiger partial charge in [-0.1, -0.05) is 23.7 Å². The highest BCUT2D eigenvalue weighted by molar-refractivity contribution is 6.31. The Bertz CT molecular complexity index is 628. The molecule has 0 heterocycles. The van der Waals surface area contributed by atoms with E-state index in [0.717, 1.165) is 33.2 Å². The van der Waals surface area contributed by atoms with Gasteiger partial charge >= 0.3 is 0 Å². The van der Waals surface area contributed by atoms with Crippen molar-refractivity contribution in [2.24, 2.45) is 0 Å². The molecule has 0 saturated carbocycles. The molecule has 2 aromatic rings.